The molecule has 0 bridgehead atoms. The number of benzene rings is 2. The summed E-state index contributed by atoms with van der Waals surface area (Å²) in [5.74, 6) is -0.490. The van der Waals surface area contributed by atoms with Gasteiger partial charge in [-0.2, -0.15) is 5.26 Å². The summed E-state index contributed by atoms with van der Waals surface area (Å²) in [5, 5.41) is 9.19. The highest BCUT2D eigenvalue weighted by atomic mass is 16.2. The number of hydrogen-bond acceptors (Lipinski definition) is 4. The summed E-state index contributed by atoms with van der Waals surface area (Å²) >= 11 is 0. The lowest BCUT2D eigenvalue weighted by Gasteiger charge is -2.23. The molecular formula is C29H28N4O2. The first-order chi connectivity index (χ1) is 16.9. The Morgan fingerprint density at radius 1 is 1.11 bits per heavy atom. The molecule has 0 N–H and O–H groups in total. The number of pyridine rings is 1. The average molecular weight is 465 g/mol. The van der Waals surface area contributed by atoms with Crippen molar-refractivity contribution < 1.29 is 9.59 Å². The summed E-state index contributed by atoms with van der Waals surface area (Å²) in [6.45, 7) is 5.27. The maximum atomic E-state index is 13.6. The highest BCUT2D eigenvalue weighted by molar-refractivity contribution is 6.05. The van der Waals surface area contributed by atoms with E-state index in [0.29, 0.717) is 24.3 Å². The molecule has 0 spiro atoms. The van der Waals surface area contributed by atoms with Crippen molar-refractivity contribution in [2.24, 2.45) is 5.92 Å². The molecule has 35 heavy (non-hydrogen) atoms. The van der Waals surface area contributed by atoms with Crippen LogP contribution in [-0.4, -0.2) is 29.9 Å². The molecule has 2 aliphatic heterocycles. The smallest absolute Gasteiger partial charge is 0.232 e. The Labute approximate surface area is 205 Å². The zero-order chi connectivity index (χ0) is 24.6. The molecule has 3 heterocycles. The van der Waals surface area contributed by atoms with E-state index in [1.165, 1.54) is 16.7 Å². The molecule has 3 aromatic rings. The Morgan fingerprint density at radius 3 is 2.71 bits per heavy atom. The van der Waals surface area contributed by atoms with Crippen molar-refractivity contribution in [3.63, 3.8) is 0 Å². The number of nitrogens with zero attached hydrogens (tertiary/aromatic N) is 4. The first-order valence-electron chi connectivity index (χ1n) is 12.0. The Morgan fingerprint density at radius 2 is 1.94 bits per heavy atom. The SMILES string of the molecule is CC1(C)CN(C(=O)[C@H]2CC(=O)N(c3cccc(C#N)c3)C2)c2ccc(CCc3cccnc3)cc21. The molecule has 2 amide bonds. The van der Waals surface area contributed by atoms with Crippen molar-refractivity contribution in [2.75, 3.05) is 22.9 Å². The van der Waals surface area contributed by atoms with E-state index in [4.69, 9.17) is 0 Å². The van der Waals surface area contributed by atoms with E-state index < -0.39 is 5.92 Å². The number of amides is 2. The number of rotatable bonds is 5. The summed E-state index contributed by atoms with van der Waals surface area (Å²) in [6, 6.07) is 19.6. The van der Waals surface area contributed by atoms with E-state index in [9.17, 15) is 14.9 Å². The van der Waals surface area contributed by atoms with Crippen LogP contribution in [-0.2, 0) is 27.8 Å². The van der Waals surface area contributed by atoms with E-state index in [2.05, 4.69) is 49.2 Å². The highest BCUT2D eigenvalue weighted by Crippen LogP contribution is 2.42. The number of carbonyl (C=O) groups is 2. The normalized spacial score (nSPS) is 18.4. The van der Waals surface area contributed by atoms with Gasteiger partial charge in [0, 0.05) is 48.7 Å². The summed E-state index contributed by atoms with van der Waals surface area (Å²) in [6.07, 6.45) is 5.71. The fourth-order valence-electron chi connectivity index (χ4n) is 5.20. The Balaban J connectivity index is 1.33. The van der Waals surface area contributed by atoms with Gasteiger partial charge in [-0.05, 0) is 59.9 Å². The molecule has 0 aliphatic carbocycles. The van der Waals surface area contributed by atoms with Gasteiger partial charge in [0.15, 0.2) is 0 Å². The topological polar surface area (TPSA) is 77.3 Å². The number of fused-ring (bicyclic) bond motifs is 1. The van der Waals surface area contributed by atoms with Crippen molar-refractivity contribution in [3.05, 3.63) is 89.2 Å². The molecule has 2 aromatic carbocycles. The van der Waals surface area contributed by atoms with Crippen LogP contribution in [0.5, 0.6) is 0 Å². The summed E-state index contributed by atoms with van der Waals surface area (Å²) in [4.78, 5) is 34.1. The van der Waals surface area contributed by atoms with Crippen molar-refractivity contribution >= 4 is 23.2 Å². The lowest BCUT2D eigenvalue weighted by Crippen LogP contribution is -2.39. The van der Waals surface area contributed by atoms with Gasteiger partial charge in [0.2, 0.25) is 11.8 Å². The molecule has 1 fully saturated rings. The first kappa shape index (κ1) is 22.8. The van der Waals surface area contributed by atoms with Gasteiger partial charge in [-0.15, -0.1) is 0 Å². The van der Waals surface area contributed by atoms with Crippen LogP contribution < -0.4 is 9.80 Å². The zero-order valence-electron chi connectivity index (χ0n) is 20.1. The minimum absolute atomic E-state index is 0.00720. The number of anilines is 2. The second kappa shape index (κ2) is 8.99. The van der Waals surface area contributed by atoms with E-state index in [1.54, 1.807) is 29.3 Å². The van der Waals surface area contributed by atoms with Gasteiger partial charge in [-0.3, -0.25) is 14.6 Å². The summed E-state index contributed by atoms with van der Waals surface area (Å²) in [7, 11) is 0. The van der Waals surface area contributed by atoms with Gasteiger partial charge in [-0.1, -0.05) is 38.1 Å². The Bertz CT molecular complexity index is 1330. The largest absolute Gasteiger partial charge is 0.312 e. The van der Waals surface area contributed by atoms with Gasteiger partial charge in [0.05, 0.1) is 17.6 Å². The first-order valence-corrected chi connectivity index (χ1v) is 12.0. The van der Waals surface area contributed by atoms with Crippen LogP contribution in [0.1, 0.15) is 42.5 Å². The number of nitriles is 1. The second-order valence-electron chi connectivity index (χ2n) is 10.1. The minimum atomic E-state index is -0.403. The number of aromatic nitrogens is 1. The van der Waals surface area contributed by atoms with E-state index in [1.807, 2.05) is 23.2 Å². The van der Waals surface area contributed by atoms with Crippen molar-refractivity contribution in [3.8, 4) is 6.07 Å². The van der Waals surface area contributed by atoms with Crippen molar-refractivity contribution in [1.29, 1.82) is 5.26 Å². The third-order valence-electron chi connectivity index (χ3n) is 7.09. The number of carbonyl (C=O) groups excluding carboxylic acids is 2. The zero-order valence-corrected chi connectivity index (χ0v) is 20.1. The fourth-order valence-corrected chi connectivity index (χ4v) is 5.20. The maximum absolute atomic E-state index is 13.6. The molecule has 0 saturated carbocycles. The fraction of sp³-hybridized carbons (Fsp3) is 0.310. The molecule has 5 rings (SSSR count). The molecule has 6 nitrogen and oxygen atoms in total. The van der Waals surface area contributed by atoms with Crippen molar-refractivity contribution in [1.82, 2.24) is 4.98 Å². The van der Waals surface area contributed by atoms with Crippen LogP contribution >= 0.6 is 0 Å². The van der Waals surface area contributed by atoms with Crippen LogP contribution in [0.25, 0.3) is 0 Å². The quantitative estimate of drug-likeness (QED) is 0.560. The molecular weight excluding hydrogens is 436 g/mol. The Hall–Kier alpha value is -3.98. The molecule has 1 aromatic heterocycles. The maximum Gasteiger partial charge on any atom is 0.232 e. The van der Waals surface area contributed by atoms with E-state index in [0.717, 1.165) is 18.5 Å². The van der Waals surface area contributed by atoms with Crippen molar-refractivity contribution in [2.45, 2.75) is 38.5 Å². The van der Waals surface area contributed by atoms with Crippen LogP contribution in [0.3, 0.4) is 0 Å². The molecule has 176 valence electrons. The molecule has 0 radical (unpaired) electrons. The number of hydrogen-bond donors (Lipinski definition) is 0. The standard InChI is InChI=1S/C29H28N4O2/c1-29(2)19-33(26-11-10-20(14-25(26)29)8-9-21-6-4-12-31-17-21)28(35)23-15-27(34)32(18-23)24-7-3-5-22(13-24)16-30/h3-7,10-14,17,23H,8-9,15,18-19H2,1-2H3/t23-/m0/s1. The summed E-state index contributed by atoms with van der Waals surface area (Å²) < 4.78 is 0. The van der Waals surface area contributed by atoms with Gasteiger partial charge in [0.25, 0.3) is 0 Å². The number of aryl methyl sites for hydroxylation is 2. The van der Waals surface area contributed by atoms with Gasteiger partial charge in [0.1, 0.15) is 0 Å². The predicted molar refractivity (Wildman–Crippen MR) is 135 cm³/mol. The molecule has 1 atom stereocenters. The second-order valence-corrected chi connectivity index (χ2v) is 10.1. The van der Waals surface area contributed by atoms with E-state index in [-0.39, 0.29) is 23.7 Å². The van der Waals surface area contributed by atoms with E-state index >= 15 is 0 Å². The molecule has 2 aliphatic rings. The lowest BCUT2D eigenvalue weighted by atomic mass is 9.85. The minimum Gasteiger partial charge on any atom is -0.312 e. The lowest BCUT2D eigenvalue weighted by molar-refractivity contribution is -0.124. The predicted octanol–water partition coefficient (Wildman–Crippen LogP) is 4.42. The average Bonchev–Trinajstić information content (AvgIpc) is 3.39. The molecule has 1 saturated heterocycles. The van der Waals surface area contributed by atoms with Crippen LogP contribution in [0.15, 0.2) is 67.0 Å². The van der Waals surface area contributed by atoms with Gasteiger partial charge < -0.3 is 9.80 Å². The third-order valence-corrected chi connectivity index (χ3v) is 7.09. The van der Waals surface area contributed by atoms with Crippen LogP contribution in [0.4, 0.5) is 11.4 Å². The molecule has 6 heteroatoms. The Kier molecular flexibility index (Phi) is 5.86. The monoisotopic (exact) mass is 464 g/mol. The third kappa shape index (κ3) is 4.42. The van der Waals surface area contributed by atoms with Crippen LogP contribution in [0, 0.1) is 17.2 Å². The van der Waals surface area contributed by atoms with Gasteiger partial charge in [-0.25, -0.2) is 0 Å². The summed E-state index contributed by atoms with van der Waals surface area (Å²) in [5.41, 5.74) is 5.58. The molecule has 0 unspecified atom stereocenters. The van der Waals surface area contributed by atoms with Gasteiger partial charge >= 0.3 is 0 Å². The van der Waals surface area contributed by atoms with Crippen LogP contribution in [0.2, 0.25) is 0 Å². The highest BCUT2D eigenvalue weighted by Gasteiger charge is 2.43.